The average Bonchev–Trinajstić information content (AvgIpc) is 2.02. The minimum absolute atomic E-state index is 0.249. The fourth-order valence-electron chi connectivity index (χ4n) is 1.42. The van der Waals surface area contributed by atoms with E-state index in [1.807, 2.05) is 13.8 Å². The molecule has 78 valence electrons. The van der Waals surface area contributed by atoms with Gasteiger partial charge in [-0.05, 0) is 12.1 Å². The second kappa shape index (κ2) is 4.38. The zero-order valence-electron chi connectivity index (χ0n) is 8.18. The van der Waals surface area contributed by atoms with Crippen LogP contribution in [0.3, 0.4) is 0 Å². The molecule has 0 aliphatic heterocycles. The number of benzene rings is 1. The van der Waals surface area contributed by atoms with Gasteiger partial charge >= 0.3 is 0 Å². The Hall–Kier alpha value is -0.450. The fraction of sp³-hybridized carbons (Fsp3) is 0.400. The van der Waals surface area contributed by atoms with Crippen LogP contribution in [0.15, 0.2) is 22.7 Å². The van der Waals surface area contributed by atoms with Gasteiger partial charge in [-0.25, -0.2) is 10.3 Å². The zero-order valence-corrected chi connectivity index (χ0v) is 9.77. The molecule has 0 unspecified atom stereocenters. The molecule has 0 fully saturated rings. The first kappa shape index (κ1) is 11.6. The SMILES string of the molecule is CC(C)(CON)c1c(F)cccc1Br. The lowest BCUT2D eigenvalue weighted by Gasteiger charge is -2.25. The molecule has 4 heteroatoms. The predicted molar refractivity (Wildman–Crippen MR) is 57.3 cm³/mol. The van der Waals surface area contributed by atoms with Crippen LogP contribution in [-0.2, 0) is 10.3 Å². The molecule has 0 saturated heterocycles. The molecule has 0 heterocycles. The summed E-state index contributed by atoms with van der Waals surface area (Å²) in [6.45, 7) is 4.03. The Morgan fingerprint density at radius 3 is 2.64 bits per heavy atom. The van der Waals surface area contributed by atoms with Crippen LogP contribution in [0.2, 0.25) is 0 Å². The molecule has 0 radical (unpaired) electrons. The van der Waals surface area contributed by atoms with Crippen molar-refractivity contribution in [2.45, 2.75) is 19.3 Å². The summed E-state index contributed by atoms with van der Waals surface area (Å²) >= 11 is 3.32. The summed E-state index contributed by atoms with van der Waals surface area (Å²) in [6.07, 6.45) is 0. The van der Waals surface area contributed by atoms with Crippen molar-refractivity contribution in [2.24, 2.45) is 5.90 Å². The average molecular weight is 262 g/mol. The van der Waals surface area contributed by atoms with E-state index < -0.39 is 5.41 Å². The van der Waals surface area contributed by atoms with Crippen LogP contribution < -0.4 is 5.90 Å². The second-order valence-corrected chi connectivity index (χ2v) is 4.65. The van der Waals surface area contributed by atoms with Crippen LogP contribution in [0.1, 0.15) is 19.4 Å². The number of hydrogen-bond acceptors (Lipinski definition) is 2. The number of rotatable bonds is 3. The molecule has 0 bridgehead atoms. The molecule has 0 amide bonds. The number of halogens is 2. The van der Waals surface area contributed by atoms with Gasteiger partial charge < -0.3 is 4.84 Å². The monoisotopic (exact) mass is 261 g/mol. The van der Waals surface area contributed by atoms with Gasteiger partial charge in [-0.2, -0.15) is 0 Å². The van der Waals surface area contributed by atoms with Gasteiger partial charge in [-0.15, -0.1) is 0 Å². The maximum absolute atomic E-state index is 13.5. The highest BCUT2D eigenvalue weighted by atomic mass is 79.9. The molecule has 0 aromatic heterocycles. The van der Waals surface area contributed by atoms with Crippen molar-refractivity contribution in [3.05, 3.63) is 34.1 Å². The van der Waals surface area contributed by atoms with E-state index in [2.05, 4.69) is 20.8 Å². The summed E-state index contributed by atoms with van der Waals surface area (Å²) in [6, 6.07) is 4.89. The number of hydrogen-bond donors (Lipinski definition) is 1. The summed E-state index contributed by atoms with van der Waals surface area (Å²) in [7, 11) is 0. The lowest BCUT2D eigenvalue weighted by atomic mass is 9.85. The summed E-state index contributed by atoms with van der Waals surface area (Å²) in [5.74, 6) is 4.77. The quantitative estimate of drug-likeness (QED) is 0.850. The van der Waals surface area contributed by atoms with E-state index in [-0.39, 0.29) is 12.4 Å². The van der Waals surface area contributed by atoms with Crippen LogP contribution in [0.5, 0.6) is 0 Å². The summed E-state index contributed by atoms with van der Waals surface area (Å²) in [5, 5.41) is 0. The van der Waals surface area contributed by atoms with E-state index >= 15 is 0 Å². The van der Waals surface area contributed by atoms with Crippen molar-refractivity contribution in [1.29, 1.82) is 0 Å². The lowest BCUT2D eigenvalue weighted by Crippen LogP contribution is -2.27. The summed E-state index contributed by atoms with van der Waals surface area (Å²) in [5.41, 5.74) is 0.143. The van der Waals surface area contributed by atoms with Gasteiger partial charge in [0.05, 0.1) is 6.61 Å². The Morgan fingerprint density at radius 2 is 2.14 bits per heavy atom. The van der Waals surface area contributed by atoms with Gasteiger partial charge in [0.25, 0.3) is 0 Å². The highest BCUT2D eigenvalue weighted by Gasteiger charge is 2.26. The van der Waals surface area contributed by atoms with Crippen molar-refractivity contribution in [2.75, 3.05) is 6.61 Å². The third-order valence-corrected chi connectivity index (χ3v) is 2.74. The normalized spacial score (nSPS) is 11.8. The van der Waals surface area contributed by atoms with E-state index in [0.717, 1.165) is 4.47 Å². The maximum Gasteiger partial charge on any atom is 0.128 e. The summed E-state index contributed by atoms with van der Waals surface area (Å²) in [4.78, 5) is 4.58. The molecule has 0 saturated carbocycles. The van der Waals surface area contributed by atoms with E-state index in [1.165, 1.54) is 6.07 Å². The van der Waals surface area contributed by atoms with Gasteiger partial charge in [-0.3, -0.25) is 0 Å². The second-order valence-electron chi connectivity index (χ2n) is 3.79. The van der Waals surface area contributed by atoms with Crippen molar-refractivity contribution >= 4 is 15.9 Å². The number of nitrogens with two attached hydrogens (primary N) is 1. The third kappa shape index (κ3) is 2.32. The topological polar surface area (TPSA) is 35.2 Å². The van der Waals surface area contributed by atoms with E-state index in [4.69, 9.17) is 5.90 Å². The van der Waals surface area contributed by atoms with Crippen molar-refractivity contribution in [3.63, 3.8) is 0 Å². The molecular formula is C10H13BrFNO. The maximum atomic E-state index is 13.5. The molecular weight excluding hydrogens is 249 g/mol. The van der Waals surface area contributed by atoms with Gasteiger partial charge in [-0.1, -0.05) is 35.8 Å². The Kier molecular flexibility index (Phi) is 3.64. The Morgan fingerprint density at radius 1 is 1.50 bits per heavy atom. The standard InChI is InChI=1S/C10H13BrFNO/c1-10(2,6-14-13)9-7(11)4-3-5-8(9)12/h3-5H,6,13H2,1-2H3. The van der Waals surface area contributed by atoms with Crippen molar-refractivity contribution in [3.8, 4) is 0 Å². The first-order valence-electron chi connectivity index (χ1n) is 4.25. The van der Waals surface area contributed by atoms with Crippen LogP contribution in [0, 0.1) is 5.82 Å². The van der Waals surface area contributed by atoms with Crippen LogP contribution >= 0.6 is 15.9 Å². The van der Waals surface area contributed by atoms with Gasteiger partial charge in [0, 0.05) is 15.5 Å². The van der Waals surface area contributed by atoms with Gasteiger partial charge in [0.2, 0.25) is 0 Å². The molecule has 14 heavy (non-hydrogen) atoms. The highest BCUT2D eigenvalue weighted by Crippen LogP contribution is 2.32. The summed E-state index contributed by atoms with van der Waals surface area (Å²) < 4.78 is 14.3. The van der Waals surface area contributed by atoms with E-state index in [0.29, 0.717) is 5.56 Å². The molecule has 0 aliphatic rings. The predicted octanol–water partition coefficient (Wildman–Crippen LogP) is 2.76. The molecule has 2 nitrogen and oxygen atoms in total. The largest absolute Gasteiger partial charge is 0.304 e. The van der Waals surface area contributed by atoms with Crippen molar-refractivity contribution in [1.82, 2.24) is 0 Å². The first-order chi connectivity index (χ1) is 6.49. The van der Waals surface area contributed by atoms with E-state index in [9.17, 15) is 4.39 Å². The van der Waals surface area contributed by atoms with Crippen LogP contribution in [-0.4, -0.2) is 6.61 Å². The molecule has 2 N–H and O–H groups in total. The minimum atomic E-state index is -0.446. The molecule has 0 atom stereocenters. The smallest absolute Gasteiger partial charge is 0.128 e. The minimum Gasteiger partial charge on any atom is -0.304 e. The first-order valence-corrected chi connectivity index (χ1v) is 5.04. The van der Waals surface area contributed by atoms with Crippen LogP contribution in [0.4, 0.5) is 4.39 Å². The third-order valence-electron chi connectivity index (χ3n) is 2.08. The molecule has 1 rings (SSSR count). The molecule has 0 aliphatic carbocycles. The molecule has 1 aromatic rings. The highest BCUT2D eigenvalue weighted by molar-refractivity contribution is 9.10. The zero-order chi connectivity index (χ0) is 10.8. The Balaban J connectivity index is 3.17. The Labute approximate surface area is 91.3 Å². The van der Waals surface area contributed by atoms with Gasteiger partial charge in [0.1, 0.15) is 5.82 Å². The molecule has 1 aromatic carbocycles. The Bertz CT molecular complexity index is 308. The van der Waals surface area contributed by atoms with Gasteiger partial charge in [0.15, 0.2) is 0 Å². The fourth-order valence-corrected chi connectivity index (χ4v) is 2.30. The van der Waals surface area contributed by atoms with Crippen LogP contribution in [0.25, 0.3) is 0 Å². The van der Waals surface area contributed by atoms with Crippen molar-refractivity contribution < 1.29 is 9.23 Å². The van der Waals surface area contributed by atoms with E-state index in [1.54, 1.807) is 12.1 Å². The lowest BCUT2D eigenvalue weighted by molar-refractivity contribution is 0.0948. The molecule has 0 spiro atoms.